The summed E-state index contributed by atoms with van der Waals surface area (Å²) in [5.74, 6) is -0.444. The lowest BCUT2D eigenvalue weighted by Crippen LogP contribution is -2.63. The summed E-state index contributed by atoms with van der Waals surface area (Å²) in [6.45, 7) is 1.78. The SMILES string of the molecule is CN1C[C@@H](S)C[C@H]1C(=O)N1CC(NC(=N)CC(=O)OCc2ccc([N+](=O)[O-])cc2)C1. The van der Waals surface area contributed by atoms with Gasteiger partial charge in [-0.05, 0) is 31.2 Å². The van der Waals surface area contributed by atoms with Gasteiger partial charge in [0.05, 0.1) is 17.0 Å². The largest absolute Gasteiger partial charge is 0.460 e. The first-order chi connectivity index (χ1) is 14.2. The van der Waals surface area contributed by atoms with Crippen LogP contribution in [0.4, 0.5) is 5.69 Å². The number of carbonyl (C=O) groups excluding carboxylic acids is 2. The van der Waals surface area contributed by atoms with Crippen LogP contribution in [-0.2, 0) is 20.9 Å². The Kier molecular flexibility index (Phi) is 6.93. The van der Waals surface area contributed by atoms with Crippen LogP contribution in [0.2, 0.25) is 0 Å². The molecule has 2 atom stereocenters. The lowest BCUT2D eigenvalue weighted by atomic mass is 10.1. The number of rotatable bonds is 7. The Morgan fingerprint density at radius 2 is 1.97 bits per heavy atom. The van der Waals surface area contributed by atoms with Crippen molar-refractivity contribution in [3.8, 4) is 0 Å². The second-order valence-corrected chi connectivity index (χ2v) is 8.40. The maximum Gasteiger partial charge on any atom is 0.313 e. The van der Waals surface area contributed by atoms with Gasteiger partial charge in [0.1, 0.15) is 18.9 Å². The summed E-state index contributed by atoms with van der Waals surface area (Å²) in [4.78, 5) is 38.3. The number of hydrogen-bond acceptors (Lipinski definition) is 8. The van der Waals surface area contributed by atoms with Gasteiger partial charge in [0.15, 0.2) is 0 Å². The molecule has 1 amide bonds. The van der Waals surface area contributed by atoms with Gasteiger partial charge in [-0.1, -0.05) is 0 Å². The normalized spacial score (nSPS) is 21.7. The Morgan fingerprint density at radius 1 is 1.30 bits per heavy atom. The average molecular weight is 436 g/mol. The highest BCUT2D eigenvalue weighted by atomic mass is 32.1. The molecule has 0 spiro atoms. The first kappa shape index (κ1) is 22.0. The van der Waals surface area contributed by atoms with Crippen LogP contribution in [0.25, 0.3) is 0 Å². The summed E-state index contributed by atoms with van der Waals surface area (Å²) in [6.07, 6.45) is 0.535. The third-order valence-corrected chi connectivity index (χ3v) is 5.62. The lowest BCUT2D eigenvalue weighted by molar-refractivity contribution is -0.384. The highest BCUT2D eigenvalue weighted by molar-refractivity contribution is 7.81. The number of nitro groups is 1. The molecule has 30 heavy (non-hydrogen) atoms. The molecule has 2 saturated heterocycles. The van der Waals surface area contributed by atoms with Gasteiger partial charge in [-0.25, -0.2) is 0 Å². The second-order valence-electron chi connectivity index (χ2n) is 7.67. The Balaban J connectivity index is 1.34. The van der Waals surface area contributed by atoms with Gasteiger partial charge in [0.25, 0.3) is 5.69 Å². The fourth-order valence-corrected chi connectivity index (χ4v) is 4.05. The van der Waals surface area contributed by atoms with E-state index < -0.39 is 10.9 Å². The number of nitrogens with zero attached hydrogens (tertiary/aromatic N) is 3. The Bertz CT molecular complexity index is 827. The van der Waals surface area contributed by atoms with Gasteiger partial charge < -0.3 is 15.0 Å². The highest BCUT2D eigenvalue weighted by Gasteiger charge is 2.40. The summed E-state index contributed by atoms with van der Waals surface area (Å²) >= 11 is 4.45. The fourth-order valence-electron chi connectivity index (χ4n) is 3.59. The predicted octanol–water partition coefficient (Wildman–Crippen LogP) is 0.808. The number of nitrogens with one attached hydrogen (secondary N) is 2. The Morgan fingerprint density at radius 3 is 2.53 bits per heavy atom. The third kappa shape index (κ3) is 5.48. The van der Waals surface area contributed by atoms with E-state index in [0.717, 1.165) is 13.0 Å². The number of likely N-dealkylation sites (N-methyl/N-ethyl adjacent to an activating group) is 1. The van der Waals surface area contributed by atoms with Crippen LogP contribution >= 0.6 is 12.6 Å². The molecule has 1 aromatic carbocycles. The number of amides is 1. The van der Waals surface area contributed by atoms with Crippen LogP contribution in [0.1, 0.15) is 18.4 Å². The van der Waals surface area contributed by atoms with E-state index in [2.05, 4.69) is 17.9 Å². The number of esters is 1. The number of carbonyl (C=O) groups is 2. The summed E-state index contributed by atoms with van der Waals surface area (Å²) in [6, 6.07) is 5.54. The van der Waals surface area contributed by atoms with E-state index in [1.807, 2.05) is 11.9 Å². The van der Waals surface area contributed by atoms with Crippen molar-refractivity contribution >= 4 is 36.0 Å². The summed E-state index contributed by atoms with van der Waals surface area (Å²) in [5, 5.41) is 21.7. The molecule has 3 rings (SSSR count). The molecule has 2 aliphatic rings. The van der Waals surface area contributed by atoms with Crippen molar-refractivity contribution in [1.82, 2.24) is 15.1 Å². The van der Waals surface area contributed by atoms with Crippen molar-refractivity contribution < 1.29 is 19.2 Å². The first-order valence-corrected chi connectivity index (χ1v) is 10.1. The minimum Gasteiger partial charge on any atom is -0.460 e. The molecular formula is C19H25N5O5S. The predicted molar refractivity (Wildman–Crippen MR) is 113 cm³/mol. The molecular weight excluding hydrogens is 410 g/mol. The van der Waals surface area contributed by atoms with Crippen molar-refractivity contribution in [3.05, 3.63) is 39.9 Å². The monoisotopic (exact) mass is 435 g/mol. The molecule has 162 valence electrons. The molecule has 2 heterocycles. The molecule has 0 radical (unpaired) electrons. The number of benzene rings is 1. The van der Waals surface area contributed by atoms with Gasteiger partial charge >= 0.3 is 5.97 Å². The van der Waals surface area contributed by atoms with Crippen molar-refractivity contribution in [2.24, 2.45) is 0 Å². The zero-order valence-electron chi connectivity index (χ0n) is 16.6. The van der Waals surface area contributed by atoms with Crippen LogP contribution in [0.5, 0.6) is 0 Å². The molecule has 1 aromatic rings. The molecule has 2 fully saturated rings. The number of ether oxygens (including phenoxy) is 1. The number of thiol groups is 1. The van der Waals surface area contributed by atoms with E-state index in [9.17, 15) is 19.7 Å². The number of nitro benzene ring substituents is 1. The van der Waals surface area contributed by atoms with Gasteiger partial charge in [-0.2, -0.15) is 12.6 Å². The van der Waals surface area contributed by atoms with E-state index in [1.165, 1.54) is 24.3 Å². The smallest absolute Gasteiger partial charge is 0.313 e. The van der Waals surface area contributed by atoms with E-state index in [-0.39, 0.29) is 47.8 Å². The Labute approximate surface area is 179 Å². The van der Waals surface area contributed by atoms with E-state index in [4.69, 9.17) is 10.1 Å². The maximum atomic E-state index is 12.5. The topological polar surface area (TPSA) is 129 Å². The zero-order valence-corrected chi connectivity index (χ0v) is 17.5. The van der Waals surface area contributed by atoms with Crippen molar-refractivity contribution in [2.75, 3.05) is 26.7 Å². The van der Waals surface area contributed by atoms with Gasteiger partial charge in [-0.3, -0.25) is 30.0 Å². The summed E-state index contributed by atoms with van der Waals surface area (Å²) in [5.41, 5.74) is 0.594. The van der Waals surface area contributed by atoms with Crippen LogP contribution in [0.15, 0.2) is 24.3 Å². The molecule has 10 nitrogen and oxygen atoms in total. The molecule has 0 unspecified atom stereocenters. The quantitative estimate of drug-likeness (QED) is 0.144. The molecule has 0 aromatic heterocycles. The number of hydrogen-bond donors (Lipinski definition) is 3. The standard InChI is InChI=1S/C19H25N5O5S/c1-22-10-15(30)6-16(22)19(26)23-8-13(9-23)21-17(20)7-18(25)29-11-12-2-4-14(5-3-12)24(27)28/h2-5,13,15-16,30H,6-11H2,1H3,(H2,20,21)/t15-,16-/m0/s1. The van der Waals surface area contributed by atoms with Crippen molar-refractivity contribution in [1.29, 1.82) is 5.41 Å². The molecule has 0 saturated carbocycles. The van der Waals surface area contributed by atoms with Gasteiger partial charge in [0.2, 0.25) is 5.91 Å². The van der Waals surface area contributed by atoms with Crippen LogP contribution < -0.4 is 5.32 Å². The highest BCUT2D eigenvalue weighted by Crippen LogP contribution is 2.23. The van der Waals surface area contributed by atoms with E-state index in [0.29, 0.717) is 18.7 Å². The fraction of sp³-hybridized carbons (Fsp3) is 0.526. The van der Waals surface area contributed by atoms with Crippen LogP contribution in [-0.4, -0.2) is 76.5 Å². The van der Waals surface area contributed by atoms with E-state index in [1.54, 1.807) is 4.90 Å². The minimum absolute atomic E-state index is 0.0170. The van der Waals surface area contributed by atoms with Crippen molar-refractivity contribution in [3.63, 3.8) is 0 Å². The van der Waals surface area contributed by atoms with Crippen molar-refractivity contribution in [2.45, 2.75) is 36.8 Å². The van der Waals surface area contributed by atoms with Gasteiger partial charge in [-0.15, -0.1) is 0 Å². The summed E-state index contributed by atoms with van der Waals surface area (Å²) < 4.78 is 5.11. The zero-order chi connectivity index (χ0) is 21.8. The van der Waals surface area contributed by atoms with Crippen LogP contribution in [0.3, 0.4) is 0 Å². The molecule has 0 aliphatic carbocycles. The molecule has 2 N–H and O–H groups in total. The molecule has 0 bridgehead atoms. The first-order valence-electron chi connectivity index (χ1n) is 9.63. The van der Waals surface area contributed by atoms with E-state index >= 15 is 0 Å². The average Bonchev–Trinajstić information content (AvgIpc) is 3.00. The third-order valence-electron chi connectivity index (χ3n) is 5.25. The molecule has 11 heteroatoms. The number of likely N-dealkylation sites (tertiary alicyclic amines) is 2. The molecule has 2 aliphatic heterocycles. The number of amidine groups is 1. The van der Waals surface area contributed by atoms with Crippen LogP contribution in [0, 0.1) is 15.5 Å². The maximum absolute atomic E-state index is 12.5. The minimum atomic E-state index is -0.564. The lowest BCUT2D eigenvalue weighted by Gasteiger charge is -2.42. The second kappa shape index (κ2) is 9.43. The van der Waals surface area contributed by atoms with Gasteiger partial charge in [0, 0.05) is 37.0 Å². The summed E-state index contributed by atoms with van der Waals surface area (Å²) in [7, 11) is 1.92. The number of non-ortho nitro benzene ring substituents is 1. The Hall–Kier alpha value is -2.66.